The lowest BCUT2D eigenvalue weighted by molar-refractivity contribution is 0.103. The summed E-state index contributed by atoms with van der Waals surface area (Å²) in [6, 6.07) is 14.9. The Kier molecular flexibility index (Phi) is 5.30. The molecule has 0 saturated carbocycles. The molecule has 1 heterocycles. The molecule has 2 aromatic carbocycles. The first kappa shape index (κ1) is 17.0. The molecule has 0 spiro atoms. The first-order valence-corrected chi connectivity index (χ1v) is 8.43. The minimum Gasteiger partial charge on any atom is -0.497 e. The van der Waals surface area contributed by atoms with Gasteiger partial charge in [0.1, 0.15) is 23.9 Å². The Hall–Kier alpha value is -2.86. The van der Waals surface area contributed by atoms with Crippen molar-refractivity contribution in [1.82, 2.24) is 0 Å². The number of nitrogens with one attached hydrogen (secondary N) is 1. The van der Waals surface area contributed by atoms with Crippen LogP contribution in [0.25, 0.3) is 0 Å². The van der Waals surface area contributed by atoms with Gasteiger partial charge in [0.25, 0.3) is 5.91 Å². The summed E-state index contributed by atoms with van der Waals surface area (Å²) in [4.78, 5) is 12.9. The summed E-state index contributed by atoms with van der Waals surface area (Å²) in [5.41, 5.74) is 1.51. The van der Waals surface area contributed by atoms with Crippen LogP contribution in [0.4, 0.5) is 10.1 Å². The van der Waals surface area contributed by atoms with E-state index in [2.05, 4.69) is 5.32 Å². The molecule has 3 rings (SSSR count). The summed E-state index contributed by atoms with van der Waals surface area (Å²) in [5, 5.41) is 4.68. The van der Waals surface area contributed by atoms with E-state index in [1.54, 1.807) is 43.5 Å². The minimum atomic E-state index is -0.346. The Morgan fingerprint density at radius 1 is 1.12 bits per heavy atom. The van der Waals surface area contributed by atoms with Crippen molar-refractivity contribution in [2.24, 2.45) is 0 Å². The zero-order valence-corrected chi connectivity index (χ0v) is 14.3. The number of carbonyl (C=O) groups excluding carboxylic acids is 1. The van der Waals surface area contributed by atoms with Gasteiger partial charge in [0.2, 0.25) is 0 Å². The van der Waals surface area contributed by atoms with Crippen LogP contribution in [0.15, 0.2) is 60.0 Å². The fourth-order valence-corrected chi connectivity index (χ4v) is 2.98. The quantitative estimate of drug-likeness (QED) is 0.694. The van der Waals surface area contributed by atoms with Crippen molar-refractivity contribution >= 4 is 22.9 Å². The number of benzene rings is 2. The van der Waals surface area contributed by atoms with Crippen LogP contribution < -0.4 is 14.8 Å². The van der Waals surface area contributed by atoms with Crippen LogP contribution in [0.5, 0.6) is 11.5 Å². The highest BCUT2D eigenvalue weighted by Crippen LogP contribution is 2.21. The molecule has 4 nitrogen and oxygen atoms in total. The van der Waals surface area contributed by atoms with E-state index in [1.165, 1.54) is 23.5 Å². The summed E-state index contributed by atoms with van der Waals surface area (Å²) in [7, 11) is 1.57. The van der Waals surface area contributed by atoms with Gasteiger partial charge in [-0.2, -0.15) is 0 Å². The predicted molar refractivity (Wildman–Crippen MR) is 96.0 cm³/mol. The molecule has 1 amide bonds. The molecule has 0 atom stereocenters. The largest absolute Gasteiger partial charge is 0.497 e. The van der Waals surface area contributed by atoms with Gasteiger partial charge in [0, 0.05) is 23.4 Å². The summed E-state index contributed by atoms with van der Waals surface area (Å²) in [6.45, 7) is 0.270. The van der Waals surface area contributed by atoms with Crippen molar-refractivity contribution in [3.05, 3.63) is 76.2 Å². The number of thiophene rings is 1. The number of ether oxygens (including phenoxy) is 2. The maximum Gasteiger partial charge on any atom is 0.265 e. The first-order valence-electron chi connectivity index (χ1n) is 7.55. The Morgan fingerprint density at radius 3 is 2.72 bits per heavy atom. The van der Waals surface area contributed by atoms with Crippen LogP contribution in [0.1, 0.15) is 15.2 Å². The van der Waals surface area contributed by atoms with Crippen molar-refractivity contribution in [3.63, 3.8) is 0 Å². The Bertz CT molecular complexity index is 878. The number of halogens is 1. The number of rotatable bonds is 6. The fraction of sp³-hybridized carbons (Fsp3) is 0.105. The van der Waals surface area contributed by atoms with Crippen LogP contribution in [0.2, 0.25) is 0 Å². The molecule has 1 N–H and O–H groups in total. The zero-order valence-electron chi connectivity index (χ0n) is 13.5. The molecule has 0 fully saturated rings. The lowest BCUT2D eigenvalue weighted by atomic mass is 10.2. The Labute approximate surface area is 148 Å². The molecular weight excluding hydrogens is 341 g/mol. The van der Waals surface area contributed by atoms with Gasteiger partial charge in [0.05, 0.1) is 12.0 Å². The van der Waals surface area contributed by atoms with Crippen LogP contribution in [-0.2, 0) is 6.61 Å². The third-order valence-electron chi connectivity index (χ3n) is 3.41. The highest BCUT2D eigenvalue weighted by atomic mass is 32.1. The molecule has 0 aliphatic heterocycles. The summed E-state index contributed by atoms with van der Waals surface area (Å²) in [5.74, 6) is 0.582. The normalized spacial score (nSPS) is 10.3. The molecule has 0 bridgehead atoms. The van der Waals surface area contributed by atoms with E-state index in [0.29, 0.717) is 22.1 Å². The smallest absolute Gasteiger partial charge is 0.265 e. The van der Waals surface area contributed by atoms with Crippen LogP contribution in [-0.4, -0.2) is 13.0 Å². The molecule has 0 saturated heterocycles. The molecule has 0 unspecified atom stereocenters. The van der Waals surface area contributed by atoms with Crippen LogP contribution in [0.3, 0.4) is 0 Å². The Balaban J connectivity index is 1.61. The molecule has 0 aliphatic rings. The number of anilines is 1. The van der Waals surface area contributed by atoms with Gasteiger partial charge in [-0.25, -0.2) is 4.39 Å². The average Bonchev–Trinajstić information content (AvgIpc) is 3.09. The summed E-state index contributed by atoms with van der Waals surface area (Å²) >= 11 is 1.33. The first-order chi connectivity index (χ1) is 12.1. The third kappa shape index (κ3) is 4.58. The molecule has 1 aromatic heterocycles. The molecule has 25 heavy (non-hydrogen) atoms. The molecular formula is C19H16FNO3S. The van der Waals surface area contributed by atoms with E-state index >= 15 is 0 Å². The second-order valence-electron chi connectivity index (χ2n) is 5.25. The van der Waals surface area contributed by atoms with E-state index < -0.39 is 0 Å². The van der Waals surface area contributed by atoms with Crippen molar-refractivity contribution in [2.75, 3.05) is 12.4 Å². The lowest BCUT2D eigenvalue weighted by Gasteiger charge is -2.06. The third-order valence-corrected chi connectivity index (χ3v) is 4.38. The van der Waals surface area contributed by atoms with Crippen molar-refractivity contribution < 1.29 is 18.7 Å². The van der Waals surface area contributed by atoms with Crippen molar-refractivity contribution in [3.8, 4) is 11.5 Å². The number of hydrogen-bond donors (Lipinski definition) is 1. The zero-order chi connectivity index (χ0) is 17.6. The van der Waals surface area contributed by atoms with Gasteiger partial charge in [-0.15, -0.1) is 11.3 Å². The van der Waals surface area contributed by atoms with Gasteiger partial charge < -0.3 is 14.8 Å². The highest BCUT2D eigenvalue weighted by Gasteiger charge is 2.10. The fourth-order valence-electron chi connectivity index (χ4n) is 2.19. The van der Waals surface area contributed by atoms with E-state index in [1.807, 2.05) is 11.4 Å². The summed E-state index contributed by atoms with van der Waals surface area (Å²) < 4.78 is 23.8. The van der Waals surface area contributed by atoms with Crippen LogP contribution >= 0.6 is 11.3 Å². The average molecular weight is 357 g/mol. The molecule has 0 aliphatic carbocycles. The van der Waals surface area contributed by atoms with Crippen molar-refractivity contribution in [1.29, 1.82) is 0 Å². The maximum absolute atomic E-state index is 13.1. The van der Waals surface area contributed by atoms with Gasteiger partial charge in [0.15, 0.2) is 0 Å². The molecule has 6 heteroatoms. The molecule has 128 valence electrons. The van der Waals surface area contributed by atoms with Crippen LogP contribution in [0, 0.1) is 5.82 Å². The highest BCUT2D eigenvalue weighted by molar-refractivity contribution is 7.12. The lowest BCUT2D eigenvalue weighted by Crippen LogP contribution is -2.10. The molecule has 0 radical (unpaired) electrons. The van der Waals surface area contributed by atoms with Gasteiger partial charge >= 0.3 is 0 Å². The topological polar surface area (TPSA) is 47.6 Å². The number of amides is 1. The second-order valence-corrected chi connectivity index (χ2v) is 6.16. The summed E-state index contributed by atoms with van der Waals surface area (Å²) in [6.07, 6.45) is 0. The van der Waals surface area contributed by atoms with Gasteiger partial charge in [-0.05, 0) is 35.7 Å². The maximum atomic E-state index is 13.1. The van der Waals surface area contributed by atoms with Gasteiger partial charge in [-0.3, -0.25) is 4.79 Å². The van der Waals surface area contributed by atoms with E-state index in [0.717, 1.165) is 5.56 Å². The Morgan fingerprint density at radius 2 is 1.92 bits per heavy atom. The standard InChI is InChI=1S/C19H16FNO3S/c1-23-16-6-3-5-15(10-16)21-19(22)18-8-13(12-25-18)11-24-17-7-2-4-14(20)9-17/h2-10,12H,11H2,1H3,(H,21,22). The predicted octanol–water partition coefficient (Wildman–Crippen LogP) is 4.73. The SMILES string of the molecule is COc1cccc(NC(=O)c2cc(COc3cccc(F)c3)cs2)c1. The van der Waals surface area contributed by atoms with Gasteiger partial charge in [-0.1, -0.05) is 12.1 Å². The van der Waals surface area contributed by atoms with Crippen molar-refractivity contribution in [2.45, 2.75) is 6.61 Å². The van der Waals surface area contributed by atoms with E-state index in [9.17, 15) is 9.18 Å². The molecule has 3 aromatic rings. The number of methoxy groups -OCH3 is 1. The number of hydrogen-bond acceptors (Lipinski definition) is 4. The second kappa shape index (κ2) is 7.81. The monoisotopic (exact) mass is 357 g/mol. The number of carbonyl (C=O) groups is 1. The minimum absolute atomic E-state index is 0.199. The van der Waals surface area contributed by atoms with E-state index in [4.69, 9.17) is 9.47 Å². The van der Waals surface area contributed by atoms with E-state index in [-0.39, 0.29) is 18.3 Å².